The van der Waals surface area contributed by atoms with E-state index in [2.05, 4.69) is 0 Å². The van der Waals surface area contributed by atoms with Crippen LogP contribution in [-0.2, 0) is 16.0 Å². The molecule has 0 amide bonds. The van der Waals surface area contributed by atoms with Crippen LogP contribution < -0.4 is 0 Å². The monoisotopic (exact) mass is 288 g/mol. The van der Waals surface area contributed by atoms with Crippen molar-refractivity contribution in [3.05, 3.63) is 47.0 Å². The molecule has 3 rings (SSSR count). The number of hydrogen-bond acceptors (Lipinski definition) is 3. The van der Waals surface area contributed by atoms with Gasteiger partial charge in [-0.2, -0.15) is 0 Å². The van der Waals surface area contributed by atoms with E-state index in [0.717, 1.165) is 27.5 Å². The van der Waals surface area contributed by atoms with E-state index in [0.29, 0.717) is 11.6 Å². The van der Waals surface area contributed by atoms with Crippen molar-refractivity contribution < 1.29 is 13.9 Å². The van der Waals surface area contributed by atoms with Crippen molar-refractivity contribution >= 4 is 39.5 Å². The van der Waals surface area contributed by atoms with Crippen molar-refractivity contribution in [3.8, 4) is 0 Å². The molecule has 0 bridgehead atoms. The van der Waals surface area contributed by atoms with Gasteiger partial charge in [0.2, 0.25) is 0 Å². The first-order valence-electron chi connectivity index (χ1n) is 6.44. The molecule has 0 N–H and O–H groups in total. The number of rotatable bonds is 3. The smallest absolute Gasteiger partial charge is 0.310 e. The van der Waals surface area contributed by atoms with Gasteiger partial charge in [-0.05, 0) is 36.8 Å². The molecule has 3 nitrogen and oxygen atoms in total. The lowest BCUT2D eigenvalue weighted by atomic mass is 10.0. The van der Waals surface area contributed by atoms with Crippen LogP contribution in [0.5, 0.6) is 0 Å². The number of hydrogen-bond donors (Lipinski definition) is 0. The van der Waals surface area contributed by atoms with E-state index in [1.807, 2.05) is 30.3 Å². The first-order chi connectivity index (χ1) is 9.69. The minimum absolute atomic E-state index is 0.228. The van der Waals surface area contributed by atoms with Crippen molar-refractivity contribution in [2.45, 2.75) is 13.3 Å². The highest BCUT2D eigenvalue weighted by Crippen LogP contribution is 2.33. The van der Waals surface area contributed by atoms with E-state index in [-0.39, 0.29) is 12.4 Å². The molecule has 102 valence electrons. The molecular weight excluding hydrogens is 276 g/mol. The molecular formula is C16H13ClO3. The summed E-state index contributed by atoms with van der Waals surface area (Å²) in [5.74, 6) is -0.239. The van der Waals surface area contributed by atoms with Crippen LogP contribution in [0.4, 0.5) is 0 Å². The van der Waals surface area contributed by atoms with Gasteiger partial charge in [0.1, 0.15) is 11.2 Å². The molecule has 4 heteroatoms. The lowest BCUT2D eigenvalue weighted by Crippen LogP contribution is -2.07. The lowest BCUT2D eigenvalue weighted by molar-refractivity contribution is -0.142. The van der Waals surface area contributed by atoms with E-state index in [4.69, 9.17) is 20.8 Å². The number of fused-ring (bicyclic) bond motifs is 3. The van der Waals surface area contributed by atoms with Gasteiger partial charge in [0.15, 0.2) is 0 Å². The molecule has 0 radical (unpaired) electrons. The average molecular weight is 289 g/mol. The molecule has 3 aromatic rings. The van der Waals surface area contributed by atoms with Crippen LogP contribution >= 0.6 is 11.6 Å². The van der Waals surface area contributed by atoms with E-state index in [9.17, 15) is 4.79 Å². The fraction of sp³-hybridized carbons (Fsp3) is 0.188. The summed E-state index contributed by atoms with van der Waals surface area (Å²) in [5, 5.41) is 2.50. The first-order valence-corrected chi connectivity index (χ1v) is 6.82. The van der Waals surface area contributed by atoms with Crippen LogP contribution in [0.1, 0.15) is 12.5 Å². The molecule has 0 unspecified atom stereocenters. The Bertz CT molecular complexity index is 789. The second-order valence-electron chi connectivity index (χ2n) is 4.51. The van der Waals surface area contributed by atoms with Gasteiger partial charge in [-0.1, -0.05) is 23.7 Å². The van der Waals surface area contributed by atoms with Crippen molar-refractivity contribution in [3.63, 3.8) is 0 Å². The highest BCUT2D eigenvalue weighted by atomic mass is 35.5. The second-order valence-corrected chi connectivity index (χ2v) is 4.95. The van der Waals surface area contributed by atoms with E-state index < -0.39 is 0 Å². The lowest BCUT2D eigenvalue weighted by Gasteiger charge is -2.03. The van der Waals surface area contributed by atoms with Crippen molar-refractivity contribution in [1.82, 2.24) is 0 Å². The Balaban J connectivity index is 2.19. The second kappa shape index (κ2) is 5.17. The zero-order valence-corrected chi connectivity index (χ0v) is 11.7. The maximum atomic E-state index is 11.7. The summed E-state index contributed by atoms with van der Waals surface area (Å²) < 4.78 is 10.8. The maximum absolute atomic E-state index is 11.7. The van der Waals surface area contributed by atoms with Crippen molar-refractivity contribution in [2.75, 3.05) is 6.61 Å². The maximum Gasteiger partial charge on any atom is 0.310 e. The van der Waals surface area contributed by atoms with Crippen molar-refractivity contribution in [1.29, 1.82) is 0 Å². The normalized spacial score (nSPS) is 11.1. The SMILES string of the molecule is CCOC(=O)Cc1cccc2oc3ccc(Cl)cc3c12. The summed E-state index contributed by atoms with van der Waals surface area (Å²) >= 11 is 6.05. The van der Waals surface area contributed by atoms with Gasteiger partial charge in [-0.3, -0.25) is 4.79 Å². The van der Waals surface area contributed by atoms with E-state index >= 15 is 0 Å². The molecule has 1 aromatic heterocycles. The van der Waals surface area contributed by atoms with Gasteiger partial charge in [-0.15, -0.1) is 0 Å². The molecule has 0 saturated carbocycles. The molecule has 0 atom stereocenters. The van der Waals surface area contributed by atoms with Crippen LogP contribution in [0.15, 0.2) is 40.8 Å². The fourth-order valence-corrected chi connectivity index (χ4v) is 2.56. The molecule has 0 spiro atoms. The molecule has 0 aliphatic heterocycles. The minimum atomic E-state index is -0.239. The number of carbonyl (C=O) groups excluding carboxylic acids is 1. The average Bonchev–Trinajstić information content (AvgIpc) is 2.77. The Labute approximate surface area is 121 Å². The summed E-state index contributed by atoms with van der Waals surface area (Å²) in [7, 11) is 0. The molecule has 0 saturated heterocycles. The van der Waals surface area contributed by atoms with Gasteiger partial charge in [-0.25, -0.2) is 0 Å². The fourth-order valence-electron chi connectivity index (χ4n) is 2.39. The number of benzene rings is 2. The van der Waals surface area contributed by atoms with Gasteiger partial charge in [0, 0.05) is 15.8 Å². The standard InChI is InChI=1S/C16H13ClO3/c1-2-19-15(18)8-10-4-3-5-14-16(10)12-9-11(17)6-7-13(12)20-14/h3-7,9H,2,8H2,1H3. The third-order valence-electron chi connectivity index (χ3n) is 3.18. The molecule has 0 aliphatic carbocycles. The quantitative estimate of drug-likeness (QED) is 0.673. The molecule has 1 heterocycles. The number of ether oxygens (including phenoxy) is 1. The largest absolute Gasteiger partial charge is 0.466 e. The first kappa shape index (κ1) is 13.0. The number of halogens is 1. The van der Waals surface area contributed by atoms with Crippen LogP contribution in [0.2, 0.25) is 5.02 Å². The Morgan fingerprint density at radius 1 is 1.25 bits per heavy atom. The Morgan fingerprint density at radius 3 is 2.90 bits per heavy atom. The summed E-state index contributed by atoms with van der Waals surface area (Å²) in [6.07, 6.45) is 0.228. The molecule has 2 aromatic carbocycles. The van der Waals surface area contributed by atoms with Crippen LogP contribution in [0, 0.1) is 0 Å². The third kappa shape index (κ3) is 2.25. The van der Waals surface area contributed by atoms with Crippen LogP contribution in [-0.4, -0.2) is 12.6 Å². The predicted molar refractivity (Wildman–Crippen MR) is 79.1 cm³/mol. The Morgan fingerprint density at radius 2 is 2.10 bits per heavy atom. The Hall–Kier alpha value is -2.00. The van der Waals surface area contributed by atoms with E-state index in [1.165, 1.54) is 0 Å². The van der Waals surface area contributed by atoms with Gasteiger partial charge in [0.25, 0.3) is 0 Å². The molecule has 20 heavy (non-hydrogen) atoms. The summed E-state index contributed by atoms with van der Waals surface area (Å²) in [6, 6.07) is 11.2. The third-order valence-corrected chi connectivity index (χ3v) is 3.42. The summed E-state index contributed by atoms with van der Waals surface area (Å²) in [4.78, 5) is 11.7. The van der Waals surface area contributed by atoms with Crippen molar-refractivity contribution in [2.24, 2.45) is 0 Å². The van der Waals surface area contributed by atoms with Gasteiger partial charge >= 0.3 is 5.97 Å². The van der Waals surface area contributed by atoms with Crippen LogP contribution in [0.25, 0.3) is 21.9 Å². The minimum Gasteiger partial charge on any atom is -0.466 e. The van der Waals surface area contributed by atoms with Gasteiger partial charge < -0.3 is 9.15 Å². The van der Waals surface area contributed by atoms with Crippen LogP contribution in [0.3, 0.4) is 0 Å². The molecule has 0 aliphatic rings. The Kier molecular flexibility index (Phi) is 3.36. The number of carbonyl (C=O) groups is 1. The highest BCUT2D eigenvalue weighted by Gasteiger charge is 2.14. The topological polar surface area (TPSA) is 39.4 Å². The predicted octanol–water partition coefficient (Wildman–Crippen LogP) is 4.35. The highest BCUT2D eigenvalue weighted by molar-refractivity contribution is 6.31. The molecule has 0 fully saturated rings. The summed E-state index contributed by atoms with van der Waals surface area (Å²) in [5.41, 5.74) is 2.41. The number of esters is 1. The van der Waals surface area contributed by atoms with E-state index in [1.54, 1.807) is 13.0 Å². The summed E-state index contributed by atoms with van der Waals surface area (Å²) in [6.45, 7) is 2.18. The zero-order chi connectivity index (χ0) is 14.1. The van der Waals surface area contributed by atoms with Gasteiger partial charge in [0.05, 0.1) is 13.0 Å². The number of furan rings is 1. The zero-order valence-electron chi connectivity index (χ0n) is 11.0.